The highest BCUT2D eigenvalue weighted by molar-refractivity contribution is 7.47. The van der Waals surface area contributed by atoms with Crippen molar-refractivity contribution < 1.29 is 42.3 Å². The number of nitrogens with two attached hydrogens (primary N) is 1. The Bertz CT molecular complexity index is 976. The molecule has 304 valence electrons. The van der Waals surface area contributed by atoms with Crippen molar-refractivity contribution in [3.63, 3.8) is 0 Å². The predicted molar refractivity (Wildman–Crippen MR) is 210 cm³/mol. The number of unbranched alkanes of at least 4 members (excludes halogenated alkanes) is 18. The number of ether oxygens (including phenoxy) is 3. The molecule has 1 rings (SSSR count). The van der Waals surface area contributed by atoms with E-state index in [-0.39, 0.29) is 32.6 Å². The quantitative estimate of drug-likeness (QED) is 0.0205. The van der Waals surface area contributed by atoms with Crippen LogP contribution in [-0.4, -0.2) is 61.5 Å². The highest BCUT2D eigenvalue weighted by Crippen LogP contribution is 2.43. The van der Waals surface area contributed by atoms with Crippen molar-refractivity contribution in [1.29, 1.82) is 0 Å². The van der Waals surface area contributed by atoms with Crippen LogP contribution in [0.3, 0.4) is 0 Å². The summed E-state index contributed by atoms with van der Waals surface area (Å²) in [5.74, 6) is -0.855. The minimum Gasteiger partial charge on any atom is -0.462 e. The van der Waals surface area contributed by atoms with Crippen molar-refractivity contribution in [3.8, 4) is 0 Å². The molecule has 0 bridgehead atoms. The summed E-state index contributed by atoms with van der Waals surface area (Å²) in [6.07, 6.45) is 36.5. The Morgan fingerprint density at radius 1 is 0.673 bits per heavy atom. The number of hydrogen-bond acceptors (Lipinski definition) is 9. The van der Waals surface area contributed by atoms with Crippen molar-refractivity contribution >= 4 is 19.8 Å². The first-order chi connectivity index (χ1) is 25.3. The molecule has 0 aliphatic carbocycles. The summed E-state index contributed by atoms with van der Waals surface area (Å²) in [6, 6.07) is 0. The molecule has 0 aromatic heterocycles. The molecular formula is C41H76NO9P. The number of carbonyl (C=O) groups excluding carboxylic acids is 2. The van der Waals surface area contributed by atoms with Crippen LogP contribution in [0.25, 0.3) is 0 Å². The number of phosphoric acid groups is 1. The SMILES string of the molecule is CCCCC/C=C\CC1OC1CCCCCCCC(=O)O[C@H](COC(=O)CCCCCCCCC/C=C\CCCCCC)COP(=O)(O)OCCN. The monoisotopic (exact) mass is 758 g/mol. The Labute approximate surface area is 317 Å². The van der Waals surface area contributed by atoms with Gasteiger partial charge in [0.2, 0.25) is 0 Å². The molecule has 1 fully saturated rings. The van der Waals surface area contributed by atoms with E-state index in [0.29, 0.717) is 18.6 Å². The van der Waals surface area contributed by atoms with Crippen LogP contribution in [0.1, 0.15) is 181 Å². The van der Waals surface area contributed by atoms with Crippen molar-refractivity contribution in [3.05, 3.63) is 24.3 Å². The van der Waals surface area contributed by atoms with Crippen LogP contribution in [0, 0.1) is 0 Å². The molecule has 0 amide bonds. The highest BCUT2D eigenvalue weighted by atomic mass is 31.2. The van der Waals surface area contributed by atoms with E-state index in [1.165, 1.54) is 70.6 Å². The number of epoxide rings is 1. The molecule has 0 radical (unpaired) electrons. The van der Waals surface area contributed by atoms with Gasteiger partial charge in [0.25, 0.3) is 0 Å². The zero-order chi connectivity index (χ0) is 38.0. The Balaban J connectivity index is 2.20. The van der Waals surface area contributed by atoms with Gasteiger partial charge < -0.3 is 24.8 Å². The maximum atomic E-state index is 12.6. The molecular weight excluding hydrogens is 681 g/mol. The fourth-order valence-electron chi connectivity index (χ4n) is 5.99. The molecule has 10 nitrogen and oxygen atoms in total. The van der Waals surface area contributed by atoms with E-state index in [1.54, 1.807) is 0 Å². The Morgan fingerprint density at radius 2 is 1.19 bits per heavy atom. The van der Waals surface area contributed by atoms with Crippen LogP contribution in [0.2, 0.25) is 0 Å². The first-order valence-electron chi connectivity index (χ1n) is 20.9. The lowest BCUT2D eigenvalue weighted by Crippen LogP contribution is -2.29. The zero-order valence-corrected chi connectivity index (χ0v) is 33.9. The summed E-state index contributed by atoms with van der Waals surface area (Å²) in [5.41, 5.74) is 5.34. The van der Waals surface area contributed by atoms with Crippen molar-refractivity contribution in [2.75, 3.05) is 26.4 Å². The molecule has 3 N–H and O–H groups in total. The third-order valence-corrected chi connectivity index (χ3v) is 10.2. The maximum Gasteiger partial charge on any atom is 0.472 e. The lowest BCUT2D eigenvalue weighted by Gasteiger charge is -2.19. The largest absolute Gasteiger partial charge is 0.472 e. The lowest BCUT2D eigenvalue weighted by atomic mass is 10.1. The molecule has 1 heterocycles. The average molecular weight is 758 g/mol. The summed E-state index contributed by atoms with van der Waals surface area (Å²) in [7, 11) is -4.38. The number of esters is 2. The second-order valence-corrected chi connectivity index (χ2v) is 15.7. The zero-order valence-electron chi connectivity index (χ0n) is 33.0. The molecule has 0 saturated carbocycles. The van der Waals surface area contributed by atoms with Gasteiger partial charge in [0.05, 0.1) is 25.4 Å². The van der Waals surface area contributed by atoms with Gasteiger partial charge in [0.15, 0.2) is 6.10 Å². The van der Waals surface area contributed by atoms with Crippen molar-refractivity contribution in [2.45, 2.75) is 199 Å². The fourth-order valence-corrected chi connectivity index (χ4v) is 6.75. The molecule has 3 unspecified atom stereocenters. The topological polar surface area (TPSA) is 147 Å². The van der Waals surface area contributed by atoms with Crippen LogP contribution in [0.5, 0.6) is 0 Å². The second kappa shape index (κ2) is 34.0. The van der Waals surface area contributed by atoms with E-state index in [2.05, 4.69) is 38.2 Å². The molecule has 1 aliphatic rings. The van der Waals surface area contributed by atoms with Gasteiger partial charge in [0.1, 0.15) is 6.61 Å². The van der Waals surface area contributed by atoms with Crippen molar-refractivity contribution in [2.24, 2.45) is 5.73 Å². The first kappa shape index (κ1) is 48.5. The summed E-state index contributed by atoms with van der Waals surface area (Å²) in [4.78, 5) is 34.9. The van der Waals surface area contributed by atoms with Gasteiger partial charge in [-0.25, -0.2) is 4.57 Å². The number of rotatable bonds is 38. The van der Waals surface area contributed by atoms with Crippen LogP contribution in [0.15, 0.2) is 24.3 Å². The molecule has 0 spiro atoms. The molecule has 4 atom stereocenters. The van der Waals surface area contributed by atoms with Gasteiger partial charge in [-0.2, -0.15) is 0 Å². The van der Waals surface area contributed by atoms with E-state index in [4.69, 9.17) is 29.0 Å². The lowest BCUT2D eigenvalue weighted by molar-refractivity contribution is -0.161. The van der Waals surface area contributed by atoms with Crippen molar-refractivity contribution in [1.82, 2.24) is 0 Å². The van der Waals surface area contributed by atoms with E-state index in [0.717, 1.165) is 77.0 Å². The minimum absolute atomic E-state index is 0.0482. The van der Waals surface area contributed by atoms with E-state index >= 15 is 0 Å². The Kier molecular flexibility index (Phi) is 31.7. The van der Waals surface area contributed by atoms with Crippen LogP contribution >= 0.6 is 7.82 Å². The Hall–Kier alpha value is -1.55. The summed E-state index contributed by atoms with van der Waals surface area (Å²) < 4.78 is 38.5. The molecule has 0 aromatic carbocycles. The Morgan fingerprint density at radius 3 is 1.83 bits per heavy atom. The fraction of sp³-hybridized carbons (Fsp3) is 0.854. The predicted octanol–water partition coefficient (Wildman–Crippen LogP) is 10.6. The first-order valence-corrected chi connectivity index (χ1v) is 22.4. The highest BCUT2D eigenvalue weighted by Gasteiger charge is 2.36. The van der Waals surface area contributed by atoms with Crippen LogP contribution < -0.4 is 5.73 Å². The number of hydrogen-bond donors (Lipinski definition) is 2. The van der Waals surface area contributed by atoms with Crippen LogP contribution in [-0.2, 0) is 37.4 Å². The van der Waals surface area contributed by atoms with Gasteiger partial charge in [-0.15, -0.1) is 0 Å². The third-order valence-electron chi connectivity index (χ3n) is 9.23. The average Bonchev–Trinajstić information content (AvgIpc) is 3.89. The number of allylic oxidation sites excluding steroid dienone is 3. The standard InChI is InChI=1S/C41H76NO9P/c1-3-5-7-9-11-12-13-14-15-16-17-18-19-23-27-31-40(43)47-35-37(36-49-52(45,46)48-34-33-42)50-41(44)32-28-24-20-22-26-30-39-38(51-39)29-25-21-10-8-6-4-2/h12-13,21,25,37-39H,3-11,14-20,22-24,26-36,42H2,1-2H3,(H,45,46)/b13-12-,25-21-/t37-,38?,39?/m1/s1. The maximum absolute atomic E-state index is 12.6. The van der Waals surface area contributed by atoms with Gasteiger partial charge in [-0.3, -0.25) is 18.6 Å². The van der Waals surface area contributed by atoms with Gasteiger partial charge in [0, 0.05) is 19.4 Å². The molecule has 52 heavy (non-hydrogen) atoms. The van der Waals surface area contributed by atoms with Gasteiger partial charge in [-0.1, -0.05) is 128 Å². The van der Waals surface area contributed by atoms with Gasteiger partial charge >= 0.3 is 19.8 Å². The summed E-state index contributed by atoms with van der Waals surface area (Å²) in [6.45, 7) is 3.66. The van der Waals surface area contributed by atoms with E-state index in [9.17, 15) is 19.0 Å². The normalized spacial score (nSPS) is 17.5. The molecule has 11 heteroatoms. The minimum atomic E-state index is -4.38. The van der Waals surface area contributed by atoms with E-state index in [1.807, 2.05) is 0 Å². The third kappa shape index (κ3) is 30.9. The van der Waals surface area contributed by atoms with E-state index < -0.39 is 32.5 Å². The number of carbonyl (C=O) groups is 2. The molecule has 1 saturated heterocycles. The smallest absolute Gasteiger partial charge is 0.462 e. The summed E-state index contributed by atoms with van der Waals surface area (Å²) in [5, 5.41) is 0. The summed E-state index contributed by atoms with van der Waals surface area (Å²) >= 11 is 0. The van der Waals surface area contributed by atoms with Gasteiger partial charge in [-0.05, 0) is 64.2 Å². The van der Waals surface area contributed by atoms with Crippen LogP contribution in [0.4, 0.5) is 0 Å². The molecule has 0 aromatic rings. The molecule has 1 aliphatic heterocycles. The second-order valence-electron chi connectivity index (χ2n) is 14.2. The number of phosphoric ester groups is 1.